The summed E-state index contributed by atoms with van der Waals surface area (Å²) in [4.78, 5) is 1.42. The SMILES string of the molecule is CCCCC(n1nnc(CCC)n1)P(=O)(OCC)OCC. The van der Waals surface area contributed by atoms with Gasteiger partial charge in [0.15, 0.2) is 11.6 Å². The van der Waals surface area contributed by atoms with Crippen LogP contribution in [0.2, 0.25) is 0 Å². The van der Waals surface area contributed by atoms with Gasteiger partial charge in [0.25, 0.3) is 0 Å². The van der Waals surface area contributed by atoms with Crippen LogP contribution in [0.3, 0.4) is 0 Å². The van der Waals surface area contributed by atoms with Gasteiger partial charge in [-0.15, -0.1) is 15.0 Å². The number of aromatic nitrogens is 4. The summed E-state index contributed by atoms with van der Waals surface area (Å²) in [7, 11) is -3.29. The summed E-state index contributed by atoms with van der Waals surface area (Å²) in [6.45, 7) is 8.41. The van der Waals surface area contributed by atoms with Gasteiger partial charge in [-0.25, -0.2) is 0 Å². The monoisotopic (exact) mass is 318 g/mol. The van der Waals surface area contributed by atoms with Crippen molar-refractivity contribution in [2.75, 3.05) is 13.2 Å². The fourth-order valence-corrected chi connectivity index (χ4v) is 4.05. The molecule has 0 aliphatic heterocycles. The molecule has 0 aliphatic carbocycles. The number of nitrogens with zero attached hydrogens (tertiary/aromatic N) is 4. The molecule has 0 spiro atoms. The fourth-order valence-electron chi connectivity index (χ4n) is 2.06. The first-order valence-electron chi connectivity index (χ1n) is 7.78. The standard InChI is InChI=1S/C13H27N4O3P/c1-5-9-11-13(21(18,19-7-3)20-8-4)17-15-12(10-6-2)14-16-17/h13H,5-11H2,1-4H3. The molecule has 1 aromatic heterocycles. The highest BCUT2D eigenvalue weighted by Crippen LogP contribution is 2.60. The van der Waals surface area contributed by atoms with E-state index in [9.17, 15) is 4.57 Å². The van der Waals surface area contributed by atoms with Gasteiger partial charge >= 0.3 is 7.60 Å². The lowest BCUT2D eigenvalue weighted by molar-refractivity contribution is 0.194. The van der Waals surface area contributed by atoms with Crippen LogP contribution < -0.4 is 0 Å². The number of aryl methyl sites for hydroxylation is 1. The summed E-state index contributed by atoms with van der Waals surface area (Å²) < 4.78 is 23.9. The van der Waals surface area contributed by atoms with Crippen molar-refractivity contribution in [3.8, 4) is 0 Å². The molecule has 21 heavy (non-hydrogen) atoms. The minimum Gasteiger partial charge on any atom is -0.307 e. The Morgan fingerprint density at radius 1 is 1.14 bits per heavy atom. The molecule has 0 radical (unpaired) electrons. The Morgan fingerprint density at radius 2 is 1.81 bits per heavy atom. The lowest BCUT2D eigenvalue weighted by Gasteiger charge is -2.25. The van der Waals surface area contributed by atoms with Crippen LogP contribution in [0.5, 0.6) is 0 Å². The van der Waals surface area contributed by atoms with E-state index in [0.29, 0.717) is 25.5 Å². The molecule has 1 heterocycles. The molecule has 0 saturated heterocycles. The number of hydrogen-bond acceptors (Lipinski definition) is 6. The Balaban J connectivity index is 3.03. The zero-order valence-electron chi connectivity index (χ0n) is 13.5. The van der Waals surface area contributed by atoms with Gasteiger partial charge in [0.1, 0.15) is 0 Å². The van der Waals surface area contributed by atoms with Gasteiger partial charge in [-0.1, -0.05) is 26.7 Å². The smallest absolute Gasteiger partial charge is 0.307 e. The fraction of sp³-hybridized carbons (Fsp3) is 0.923. The predicted octanol–water partition coefficient (Wildman–Crippen LogP) is 3.58. The molecular formula is C13H27N4O3P. The van der Waals surface area contributed by atoms with Gasteiger partial charge in [0, 0.05) is 6.42 Å². The van der Waals surface area contributed by atoms with Crippen LogP contribution in [0.25, 0.3) is 0 Å². The second kappa shape index (κ2) is 9.28. The molecule has 0 fully saturated rings. The molecule has 0 N–H and O–H groups in total. The lowest BCUT2D eigenvalue weighted by atomic mass is 10.2. The molecule has 1 unspecified atom stereocenters. The van der Waals surface area contributed by atoms with E-state index in [2.05, 4.69) is 29.3 Å². The molecule has 1 atom stereocenters. The second-order valence-electron chi connectivity index (χ2n) is 4.77. The zero-order chi connectivity index (χ0) is 15.7. The maximum absolute atomic E-state index is 13.0. The summed E-state index contributed by atoms with van der Waals surface area (Å²) in [6, 6.07) is 0. The third-order valence-electron chi connectivity index (χ3n) is 3.01. The van der Waals surface area contributed by atoms with Crippen LogP contribution in [0, 0.1) is 0 Å². The topological polar surface area (TPSA) is 79.1 Å². The third-order valence-corrected chi connectivity index (χ3v) is 5.44. The average molecular weight is 318 g/mol. The summed E-state index contributed by atoms with van der Waals surface area (Å²) in [6.07, 6.45) is 4.24. The second-order valence-corrected chi connectivity index (χ2v) is 6.97. The molecule has 0 amide bonds. The van der Waals surface area contributed by atoms with Crippen molar-refractivity contribution in [1.29, 1.82) is 0 Å². The van der Waals surface area contributed by atoms with Crippen molar-refractivity contribution in [3.05, 3.63) is 5.82 Å². The highest BCUT2D eigenvalue weighted by atomic mass is 31.2. The molecule has 0 aliphatic rings. The van der Waals surface area contributed by atoms with E-state index in [-0.39, 0.29) is 0 Å². The molecule has 1 aromatic rings. The van der Waals surface area contributed by atoms with E-state index in [0.717, 1.165) is 25.7 Å². The van der Waals surface area contributed by atoms with Crippen molar-refractivity contribution in [1.82, 2.24) is 20.2 Å². The van der Waals surface area contributed by atoms with Crippen molar-refractivity contribution in [2.24, 2.45) is 0 Å². The zero-order valence-corrected chi connectivity index (χ0v) is 14.4. The third kappa shape index (κ3) is 5.16. The van der Waals surface area contributed by atoms with Crippen molar-refractivity contribution >= 4 is 7.60 Å². The van der Waals surface area contributed by atoms with Gasteiger partial charge < -0.3 is 9.05 Å². The number of rotatable bonds is 11. The highest BCUT2D eigenvalue weighted by molar-refractivity contribution is 7.53. The maximum Gasteiger partial charge on any atom is 0.356 e. The summed E-state index contributed by atoms with van der Waals surface area (Å²) in [5.74, 6) is 0.161. The quantitative estimate of drug-likeness (QED) is 0.580. The first-order valence-corrected chi connectivity index (χ1v) is 9.39. The Kier molecular flexibility index (Phi) is 8.07. The van der Waals surface area contributed by atoms with Crippen LogP contribution in [0.1, 0.15) is 65.0 Å². The Morgan fingerprint density at radius 3 is 2.33 bits per heavy atom. The van der Waals surface area contributed by atoms with E-state index >= 15 is 0 Å². The van der Waals surface area contributed by atoms with Crippen LogP contribution in [-0.4, -0.2) is 33.4 Å². The molecular weight excluding hydrogens is 291 g/mol. The first-order chi connectivity index (χ1) is 10.1. The molecule has 0 aromatic carbocycles. The minimum atomic E-state index is -3.29. The average Bonchev–Trinajstić information content (AvgIpc) is 2.88. The van der Waals surface area contributed by atoms with E-state index < -0.39 is 13.4 Å². The predicted molar refractivity (Wildman–Crippen MR) is 81.2 cm³/mol. The van der Waals surface area contributed by atoms with Crippen molar-refractivity contribution < 1.29 is 13.6 Å². The number of hydrogen-bond donors (Lipinski definition) is 0. The van der Waals surface area contributed by atoms with Gasteiger partial charge in [-0.05, 0) is 31.9 Å². The van der Waals surface area contributed by atoms with Crippen LogP contribution in [-0.2, 0) is 20.0 Å². The van der Waals surface area contributed by atoms with Crippen LogP contribution in [0.4, 0.5) is 0 Å². The van der Waals surface area contributed by atoms with Crippen molar-refractivity contribution in [3.63, 3.8) is 0 Å². The van der Waals surface area contributed by atoms with Crippen molar-refractivity contribution in [2.45, 2.75) is 65.6 Å². The first kappa shape index (κ1) is 18.3. The van der Waals surface area contributed by atoms with E-state index in [1.54, 1.807) is 13.8 Å². The highest BCUT2D eigenvalue weighted by Gasteiger charge is 2.38. The van der Waals surface area contributed by atoms with Gasteiger partial charge in [0.05, 0.1) is 13.2 Å². The number of unbranched alkanes of at least 4 members (excludes halogenated alkanes) is 1. The largest absolute Gasteiger partial charge is 0.356 e. The van der Waals surface area contributed by atoms with E-state index in [1.807, 2.05) is 0 Å². The Labute approximate surface area is 126 Å². The summed E-state index contributed by atoms with van der Waals surface area (Å²) >= 11 is 0. The van der Waals surface area contributed by atoms with E-state index in [4.69, 9.17) is 9.05 Å². The minimum absolute atomic E-state index is 0.330. The molecule has 0 saturated carbocycles. The molecule has 0 bridgehead atoms. The molecule has 122 valence electrons. The number of tetrazole rings is 1. The maximum atomic E-state index is 13.0. The normalized spacial score (nSPS) is 13.5. The van der Waals surface area contributed by atoms with Gasteiger partial charge in [0.2, 0.25) is 0 Å². The Hall–Kier alpha value is -0.780. The molecule has 8 heteroatoms. The van der Waals surface area contributed by atoms with Gasteiger partial charge in [-0.2, -0.15) is 0 Å². The van der Waals surface area contributed by atoms with Crippen LogP contribution in [0.15, 0.2) is 0 Å². The van der Waals surface area contributed by atoms with E-state index in [1.165, 1.54) is 4.80 Å². The molecule has 7 nitrogen and oxygen atoms in total. The summed E-state index contributed by atoms with van der Waals surface area (Å²) in [5.41, 5.74) is 0. The summed E-state index contributed by atoms with van der Waals surface area (Å²) in [5, 5.41) is 12.4. The Bertz CT molecular complexity index is 442. The molecule has 1 rings (SSSR count). The lowest BCUT2D eigenvalue weighted by Crippen LogP contribution is -2.17. The van der Waals surface area contributed by atoms with Gasteiger partial charge in [-0.3, -0.25) is 4.57 Å². The van der Waals surface area contributed by atoms with Crippen LogP contribution >= 0.6 is 7.60 Å².